The molecular weight excluding hydrogens is 422 g/mol. The number of aryl methyl sites for hydroxylation is 1. The van der Waals surface area contributed by atoms with Crippen LogP contribution in [-0.2, 0) is 17.6 Å². The summed E-state index contributed by atoms with van der Waals surface area (Å²) in [6.07, 6.45) is 8.31. The molecule has 5 rings (SSSR count). The molecule has 0 spiro atoms. The molecule has 3 heterocycles. The normalized spacial score (nSPS) is 16.8. The van der Waals surface area contributed by atoms with Gasteiger partial charge in [-0.3, -0.25) is 4.79 Å². The maximum atomic E-state index is 12.7. The van der Waals surface area contributed by atoms with Crippen LogP contribution < -0.4 is 15.4 Å². The molecule has 0 bridgehead atoms. The lowest BCUT2D eigenvalue weighted by molar-refractivity contribution is -0.134. The Morgan fingerprint density at radius 3 is 3.06 bits per heavy atom. The number of nitrogens with zero attached hydrogens (tertiary/aromatic N) is 3. The Bertz CT molecular complexity index is 1220. The van der Waals surface area contributed by atoms with E-state index in [4.69, 9.17) is 4.74 Å². The Morgan fingerprint density at radius 1 is 1.38 bits per heavy atom. The van der Waals surface area contributed by atoms with Crippen LogP contribution in [0.15, 0.2) is 24.5 Å². The number of carbonyl (C=O) groups excluding carboxylic acids is 1. The molecule has 1 aliphatic heterocycles. The molecule has 2 N–H and O–H groups in total. The maximum Gasteiger partial charge on any atom is 0.225 e. The summed E-state index contributed by atoms with van der Waals surface area (Å²) in [7, 11) is 3.56. The molecule has 0 fully saturated rings. The zero-order valence-electron chi connectivity index (χ0n) is 18.6. The smallest absolute Gasteiger partial charge is 0.225 e. The van der Waals surface area contributed by atoms with Crippen molar-refractivity contribution in [1.82, 2.24) is 14.9 Å². The van der Waals surface area contributed by atoms with E-state index >= 15 is 0 Å². The highest BCUT2D eigenvalue weighted by Crippen LogP contribution is 2.42. The molecule has 2 aromatic heterocycles. The van der Waals surface area contributed by atoms with Crippen molar-refractivity contribution in [2.24, 2.45) is 5.92 Å². The van der Waals surface area contributed by atoms with Crippen molar-refractivity contribution >= 4 is 50.7 Å². The van der Waals surface area contributed by atoms with Gasteiger partial charge in [-0.25, -0.2) is 9.97 Å². The monoisotopic (exact) mass is 449 g/mol. The summed E-state index contributed by atoms with van der Waals surface area (Å²) in [6, 6.07) is 4.10. The van der Waals surface area contributed by atoms with Crippen LogP contribution in [0.3, 0.4) is 0 Å². The largest absolute Gasteiger partial charge is 0.494 e. The molecule has 1 aliphatic carbocycles. The van der Waals surface area contributed by atoms with Gasteiger partial charge in [0.1, 0.15) is 22.7 Å². The second-order valence-electron chi connectivity index (χ2n) is 8.25. The molecule has 0 saturated heterocycles. The molecule has 166 valence electrons. The van der Waals surface area contributed by atoms with Crippen LogP contribution in [0, 0.1) is 5.92 Å². The first-order valence-corrected chi connectivity index (χ1v) is 11.8. The number of rotatable bonds is 5. The van der Waals surface area contributed by atoms with Gasteiger partial charge in [-0.1, -0.05) is 12.2 Å². The number of nitrogens with one attached hydrogen (secondary N) is 2. The number of ether oxygens (including phenoxy) is 1. The van der Waals surface area contributed by atoms with Gasteiger partial charge in [0.25, 0.3) is 0 Å². The van der Waals surface area contributed by atoms with E-state index in [-0.39, 0.29) is 11.8 Å². The third-order valence-corrected chi connectivity index (χ3v) is 7.54. The molecule has 32 heavy (non-hydrogen) atoms. The van der Waals surface area contributed by atoms with Crippen molar-refractivity contribution in [3.63, 3.8) is 0 Å². The summed E-state index contributed by atoms with van der Waals surface area (Å²) in [5.74, 6) is 1.83. The van der Waals surface area contributed by atoms with Gasteiger partial charge >= 0.3 is 0 Å². The molecule has 1 atom stereocenters. The summed E-state index contributed by atoms with van der Waals surface area (Å²) in [6.45, 7) is 3.56. The second kappa shape index (κ2) is 8.43. The predicted octanol–water partition coefficient (Wildman–Crippen LogP) is 4.47. The molecule has 8 heteroatoms. The molecule has 1 aromatic carbocycles. The maximum absolute atomic E-state index is 12.7. The number of benzene rings is 1. The lowest BCUT2D eigenvalue weighted by atomic mass is 9.87. The summed E-state index contributed by atoms with van der Waals surface area (Å²) < 4.78 is 5.65. The fourth-order valence-corrected chi connectivity index (χ4v) is 5.79. The zero-order valence-corrected chi connectivity index (χ0v) is 19.4. The Hall–Kier alpha value is -3.13. The number of thiophene rings is 1. The fraction of sp³-hybridized carbons (Fsp3) is 0.375. The average molecular weight is 450 g/mol. The first-order chi connectivity index (χ1) is 15.6. The topological polar surface area (TPSA) is 79.4 Å². The predicted molar refractivity (Wildman–Crippen MR) is 130 cm³/mol. The van der Waals surface area contributed by atoms with Crippen molar-refractivity contribution in [3.05, 3.63) is 40.5 Å². The lowest BCUT2D eigenvalue weighted by Gasteiger charge is -2.26. The van der Waals surface area contributed by atoms with Crippen LogP contribution >= 0.6 is 11.3 Å². The van der Waals surface area contributed by atoms with E-state index in [1.54, 1.807) is 24.8 Å². The number of fused-ring (bicyclic) bond motifs is 4. The fourth-order valence-electron chi connectivity index (χ4n) is 4.52. The minimum atomic E-state index is 0.0462. The van der Waals surface area contributed by atoms with Crippen LogP contribution in [0.2, 0.25) is 0 Å². The van der Waals surface area contributed by atoms with E-state index in [1.807, 2.05) is 24.9 Å². The SMILES string of the molecule is CCN(C)C(=O)C1CCc2c(sc3ncnc(Nc4cc5c(cc4OC)NCC=C5)c23)C1. The van der Waals surface area contributed by atoms with E-state index in [0.29, 0.717) is 0 Å². The molecule has 1 unspecified atom stereocenters. The van der Waals surface area contributed by atoms with Crippen LogP contribution in [0.5, 0.6) is 5.75 Å². The zero-order chi connectivity index (χ0) is 22.2. The van der Waals surface area contributed by atoms with Crippen LogP contribution in [0.4, 0.5) is 17.2 Å². The van der Waals surface area contributed by atoms with Crippen molar-refractivity contribution < 1.29 is 9.53 Å². The van der Waals surface area contributed by atoms with Crippen LogP contribution in [-0.4, -0.2) is 48.0 Å². The van der Waals surface area contributed by atoms with Crippen LogP contribution in [0.1, 0.15) is 29.3 Å². The van der Waals surface area contributed by atoms with Gasteiger partial charge in [0, 0.05) is 42.7 Å². The third-order valence-electron chi connectivity index (χ3n) is 6.38. The number of anilines is 3. The highest BCUT2D eigenvalue weighted by atomic mass is 32.1. The van der Waals surface area contributed by atoms with E-state index in [1.165, 1.54) is 10.4 Å². The Kier molecular flexibility index (Phi) is 5.46. The molecular formula is C24H27N5O2S. The minimum absolute atomic E-state index is 0.0462. The number of carbonyl (C=O) groups is 1. The van der Waals surface area contributed by atoms with Gasteiger partial charge < -0.3 is 20.3 Å². The Balaban J connectivity index is 1.51. The van der Waals surface area contributed by atoms with E-state index in [9.17, 15) is 4.79 Å². The van der Waals surface area contributed by atoms with Crippen molar-refractivity contribution in [1.29, 1.82) is 0 Å². The van der Waals surface area contributed by atoms with Gasteiger partial charge in [-0.15, -0.1) is 11.3 Å². The Morgan fingerprint density at radius 2 is 2.25 bits per heavy atom. The number of methoxy groups -OCH3 is 1. The molecule has 3 aromatic rings. The lowest BCUT2D eigenvalue weighted by Crippen LogP contribution is -2.35. The van der Waals surface area contributed by atoms with Crippen molar-refractivity contribution in [2.45, 2.75) is 26.2 Å². The molecule has 0 radical (unpaired) electrons. The number of hydrogen-bond donors (Lipinski definition) is 2. The van der Waals surface area contributed by atoms with Gasteiger partial charge in [-0.2, -0.15) is 0 Å². The summed E-state index contributed by atoms with van der Waals surface area (Å²) >= 11 is 1.68. The first-order valence-electron chi connectivity index (χ1n) is 11.0. The van der Waals surface area contributed by atoms with Crippen molar-refractivity contribution in [2.75, 3.05) is 37.9 Å². The number of hydrogen-bond acceptors (Lipinski definition) is 7. The van der Waals surface area contributed by atoms with Gasteiger partial charge in [-0.05, 0) is 43.4 Å². The minimum Gasteiger partial charge on any atom is -0.494 e. The van der Waals surface area contributed by atoms with Gasteiger partial charge in [0.05, 0.1) is 18.2 Å². The van der Waals surface area contributed by atoms with Gasteiger partial charge in [0.2, 0.25) is 5.91 Å². The second-order valence-corrected chi connectivity index (χ2v) is 9.33. The molecule has 1 amide bonds. The highest BCUT2D eigenvalue weighted by Gasteiger charge is 2.30. The van der Waals surface area contributed by atoms with E-state index < -0.39 is 0 Å². The standard InChI is InChI=1S/C24H27N5O2S/c1-4-29(2)24(30)15-7-8-16-20(11-15)32-23-21(16)22(26-13-27-23)28-18-10-14-6-5-9-25-17(14)12-19(18)31-3/h5-6,10,12-13,15,25H,4,7-9,11H2,1-3H3,(H,26,27,28). The highest BCUT2D eigenvalue weighted by molar-refractivity contribution is 7.19. The summed E-state index contributed by atoms with van der Waals surface area (Å²) in [4.78, 5) is 25.9. The number of aromatic nitrogens is 2. The molecule has 0 saturated carbocycles. The van der Waals surface area contributed by atoms with Crippen LogP contribution in [0.25, 0.3) is 16.3 Å². The van der Waals surface area contributed by atoms with E-state index in [0.717, 1.165) is 71.1 Å². The molecule has 2 aliphatic rings. The Labute approximate surface area is 191 Å². The van der Waals surface area contributed by atoms with E-state index in [2.05, 4.69) is 38.8 Å². The van der Waals surface area contributed by atoms with Crippen molar-refractivity contribution in [3.8, 4) is 5.75 Å². The van der Waals surface area contributed by atoms with Gasteiger partial charge in [0.15, 0.2) is 0 Å². The summed E-state index contributed by atoms with van der Waals surface area (Å²) in [5, 5.41) is 7.94. The average Bonchev–Trinajstić information content (AvgIpc) is 3.21. The number of amides is 1. The third kappa shape index (κ3) is 3.58. The first kappa shape index (κ1) is 20.8. The molecule has 7 nitrogen and oxygen atoms in total. The quantitative estimate of drug-likeness (QED) is 0.599. The summed E-state index contributed by atoms with van der Waals surface area (Å²) in [5.41, 5.74) is 4.31.